The smallest absolute Gasteiger partial charge is 0.310 e. The van der Waals surface area contributed by atoms with Crippen molar-refractivity contribution in [1.82, 2.24) is 0 Å². The van der Waals surface area contributed by atoms with E-state index in [4.69, 9.17) is 14.4 Å². The van der Waals surface area contributed by atoms with Crippen molar-refractivity contribution in [2.24, 2.45) is 0 Å². The summed E-state index contributed by atoms with van der Waals surface area (Å²) < 4.78 is 11.0. The third-order valence-corrected chi connectivity index (χ3v) is 4.73. The SMILES string of the molecule is N#Cc1ccccc1COC(=O)Cc1coc2cc3c(cc12)CCC3. The van der Waals surface area contributed by atoms with E-state index in [9.17, 15) is 4.79 Å². The zero-order valence-electron chi connectivity index (χ0n) is 13.7. The second-order valence-electron chi connectivity index (χ2n) is 6.34. The van der Waals surface area contributed by atoms with Gasteiger partial charge < -0.3 is 9.15 Å². The number of hydrogen-bond donors (Lipinski definition) is 0. The van der Waals surface area contributed by atoms with E-state index < -0.39 is 0 Å². The molecule has 4 nitrogen and oxygen atoms in total. The Kier molecular flexibility index (Phi) is 3.99. The fraction of sp³-hybridized carbons (Fsp3) is 0.238. The van der Waals surface area contributed by atoms with Crippen LogP contribution in [0.2, 0.25) is 0 Å². The number of carbonyl (C=O) groups is 1. The van der Waals surface area contributed by atoms with Gasteiger partial charge in [0.2, 0.25) is 0 Å². The molecule has 3 aromatic rings. The average molecular weight is 331 g/mol. The maximum absolute atomic E-state index is 12.2. The van der Waals surface area contributed by atoms with Crippen LogP contribution in [0, 0.1) is 11.3 Å². The maximum atomic E-state index is 12.2. The fourth-order valence-electron chi connectivity index (χ4n) is 3.40. The summed E-state index contributed by atoms with van der Waals surface area (Å²) in [7, 11) is 0. The van der Waals surface area contributed by atoms with Crippen LogP contribution < -0.4 is 0 Å². The summed E-state index contributed by atoms with van der Waals surface area (Å²) in [5.74, 6) is -0.323. The minimum absolute atomic E-state index is 0.105. The van der Waals surface area contributed by atoms with E-state index in [1.54, 1.807) is 24.5 Å². The van der Waals surface area contributed by atoms with Crippen LogP contribution in [-0.4, -0.2) is 5.97 Å². The van der Waals surface area contributed by atoms with Crippen molar-refractivity contribution >= 4 is 16.9 Å². The third kappa shape index (κ3) is 3.01. The number of nitriles is 1. The Morgan fingerprint density at radius 2 is 1.96 bits per heavy atom. The summed E-state index contributed by atoms with van der Waals surface area (Å²) in [5.41, 5.74) is 5.63. The monoisotopic (exact) mass is 331 g/mol. The summed E-state index contributed by atoms with van der Waals surface area (Å²) >= 11 is 0. The average Bonchev–Trinajstić information content (AvgIpc) is 3.25. The molecule has 0 atom stereocenters. The first kappa shape index (κ1) is 15.5. The molecule has 1 heterocycles. The van der Waals surface area contributed by atoms with Crippen LogP contribution in [-0.2, 0) is 35.4 Å². The van der Waals surface area contributed by atoms with Gasteiger partial charge in [0.1, 0.15) is 12.2 Å². The van der Waals surface area contributed by atoms with Crippen LogP contribution in [0.3, 0.4) is 0 Å². The molecule has 0 radical (unpaired) electrons. The Labute approximate surface area is 145 Å². The van der Waals surface area contributed by atoms with Crippen molar-refractivity contribution < 1.29 is 13.9 Å². The van der Waals surface area contributed by atoms with Crippen molar-refractivity contribution in [3.63, 3.8) is 0 Å². The van der Waals surface area contributed by atoms with E-state index in [1.807, 2.05) is 6.07 Å². The highest BCUT2D eigenvalue weighted by Crippen LogP contribution is 2.30. The molecule has 0 aliphatic heterocycles. The Bertz CT molecular complexity index is 994. The zero-order valence-corrected chi connectivity index (χ0v) is 13.7. The molecule has 0 unspecified atom stereocenters. The highest BCUT2D eigenvalue weighted by atomic mass is 16.5. The molecule has 0 fully saturated rings. The lowest BCUT2D eigenvalue weighted by Gasteiger charge is -2.06. The summed E-state index contributed by atoms with van der Waals surface area (Å²) in [6.45, 7) is 0.105. The van der Waals surface area contributed by atoms with Crippen LogP contribution in [0.15, 0.2) is 47.1 Å². The molecule has 1 aromatic heterocycles. The van der Waals surface area contributed by atoms with Crippen LogP contribution in [0.4, 0.5) is 0 Å². The quantitative estimate of drug-likeness (QED) is 0.676. The van der Waals surface area contributed by atoms with E-state index >= 15 is 0 Å². The topological polar surface area (TPSA) is 63.2 Å². The van der Waals surface area contributed by atoms with Crippen molar-refractivity contribution in [2.75, 3.05) is 0 Å². The number of esters is 1. The Morgan fingerprint density at radius 3 is 2.80 bits per heavy atom. The molecule has 0 N–H and O–H groups in total. The number of fused-ring (bicyclic) bond motifs is 2. The van der Waals surface area contributed by atoms with Crippen molar-refractivity contribution in [1.29, 1.82) is 5.26 Å². The van der Waals surface area contributed by atoms with Crippen molar-refractivity contribution in [3.05, 3.63) is 70.5 Å². The first-order valence-corrected chi connectivity index (χ1v) is 8.40. The molecule has 1 aliphatic carbocycles. The first-order chi connectivity index (χ1) is 12.2. The van der Waals surface area contributed by atoms with Crippen LogP contribution in [0.5, 0.6) is 0 Å². The summed E-state index contributed by atoms with van der Waals surface area (Å²) in [4.78, 5) is 12.2. The van der Waals surface area contributed by atoms with Gasteiger partial charge in [-0.05, 0) is 48.6 Å². The molecule has 4 heteroatoms. The fourth-order valence-corrected chi connectivity index (χ4v) is 3.40. The molecule has 0 saturated carbocycles. The van der Waals surface area contributed by atoms with Gasteiger partial charge in [-0.2, -0.15) is 5.26 Å². The van der Waals surface area contributed by atoms with E-state index in [1.165, 1.54) is 17.5 Å². The highest BCUT2D eigenvalue weighted by Gasteiger charge is 2.17. The van der Waals surface area contributed by atoms with Gasteiger partial charge >= 0.3 is 5.97 Å². The van der Waals surface area contributed by atoms with Crippen molar-refractivity contribution in [2.45, 2.75) is 32.3 Å². The maximum Gasteiger partial charge on any atom is 0.310 e. The van der Waals surface area contributed by atoms with Crippen molar-refractivity contribution in [3.8, 4) is 6.07 Å². The molecule has 124 valence electrons. The summed E-state index contributed by atoms with van der Waals surface area (Å²) in [5, 5.41) is 10.1. The first-order valence-electron chi connectivity index (χ1n) is 8.40. The normalized spacial score (nSPS) is 12.8. The number of nitrogens with zero attached hydrogens (tertiary/aromatic N) is 1. The molecule has 4 rings (SSSR count). The number of furan rings is 1. The molecule has 0 bridgehead atoms. The lowest BCUT2D eigenvalue weighted by atomic mass is 10.0. The lowest BCUT2D eigenvalue weighted by molar-refractivity contribution is -0.144. The minimum atomic E-state index is -0.323. The Hall–Kier alpha value is -3.06. The predicted octanol–water partition coefficient (Wildman–Crippen LogP) is 4.08. The molecule has 0 amide bonds. The van der Waals surface area contributed by atoms with Gasteiger partial charge in [0.05, 0.1) is 24.3 Å². The van der Waals surface area contributed by atoms with Gasteiger partial charge in [-0.3, -0.25) is 4.79 Å². The Balaban J connectivity index is 1.48. The van der Waals surface area contributed by atoms with E-state index in [2.05, 4.69) is 18.2 Å². The second kappa shape index (κ2) is 6.45. The molecule has 0 saturated heterocycles. The Morgan fingerprint density at radius 1 is 1.16 bits per heavy atom. The number of carbonyl (C=O) groups excluding carboxylic acids is 1. The number of hydrogen-bond acceptors (Lipinski definition) is 4. The van der Waals surface area contributed by atoms with Crippen LogP contribution in [0.25, 0.3) is 11.0 Å². The molecule has 2 aromatic carbocycles. The molecular weight excluding hydrogens is 314 g/mol. The molecule has 0 spiro atoms. The van der Waals surface area contributed by atoms with Gasteiger partial charge in [0.25, 0.3) is 0 Å². The third-order valence-electron chi connectivity index (χ3n) is 4.73. The summed E-state index contributed by atoms with van der Waals surface area (Å²) in [6.07, 6.45) is 5.18. The van der Waals surface area contributed by atoms with Crippen LogP contribution >= 0.6 is 0 Å². The second-order valence-corrected chi connectivity index (χ2v) is 6.34. The van der Waals surface area contributed by atoms with Gasteiger partial charge in [-0.15, -0.1) is 0 Å². The summed E-state index contributed by atoms with van der Waals surface area (Å²) in [6, 6.07) is 13.5. The number of rotatable bonds is 4. The number of benzene rings is 2. The lowest BCUT2D eigenvalue weighted by Crippen LogP contribution is -2.08. The van der Waals surface area contributed by atoms with Crippen LogP contribution in [0.1, 0.15) is 34.2 Å². The van der Waals surface area contributed by atoms with E-state index in [0.29, 0.717) is 11.1 Å². The predicted molar refractivity (Wildman–Crippen MR) is 92.9 cm³/mol. The van der Waals surface area contributed by atoms with E-state index in [0.717, 1.165) is 29.4 Å². The highest BCUT2D eigenvalue weighted by molar-refractivity contribution is 5.87. The van der Waals surface area contributed by atoms with Gasteiger partial charge in [0, 0.05) is 16.5 Å². The minimum Gasteiger partial charge on any atom is -0.464 e. The van der Waals surface area contributed by atoms with Gasteiger partial charge in [-0.1, -0.05) is 18.2 Å². The van der Waals surface area contributed by atoms with Gasteiger partial charge in [-0.25, -0.2) is 0 Å². The van der Waals surface area contributed by atoms with Gasteiger partial charge in [0.15, 0.2) is 0 Å². The molecular formula is C21H17NO3. The number of aryl methyl sites for hydroxylation is 2. The largest absolute Gasteiger partial charge is 0.464 e. The number of ether oxygens (including phenoxy) is 1. The molecule has 25 heavy (non-hydrogen) atoms. The molecule has 1 aliphatic rings. The van der Waals surface area contributed by atoms with E-state index in [-0.39, 0.29) is 19.0 Å². The standard InChI is InChI=1S/C21H17NO3/c22-11-16-4-1-2-5-17(16)12-25-21(23)10-18-13-24-20-9-15-7-3-6-14(15)8-19(18)20/h1-2,4-5,8-9,13H,3,6-7,10,12H2. The zero-order chi connectivity index (χ0) is 17.2.